The fourth-order valence-corrected chi connectivity index (χ4v) is 5.15. The highest BCUT2D eigenvalue weighted by atomic mass is 32.2. The molecule has 0 unspecified atom stereocenters. The Bertz CT molecular complexity index is 1130. The Labute approximate surface area is 201 Å². The van der Waals surface area contributed by atoms with E-state index in [1.165, 1.54) is 16.7 Å². The molecule has 3 atom stereocenters. The van der Waals surface area contributed by atoms with Gasteiger partial charge in [0.2, 0.25) is 17.7 Å². The summed E-state index contributed by atoms with van der Waals surface area (Å²) >= 11 is 1.29. The number of carboxylic acid groups (broad SMARTS) is 1. The van der Waals surface area contributed by atoms with Crippen LogP contribution < -0.4 is 15.0 Å². The Morgan fingerprint density at radius 1 is 1.00 bits per heavy atom. The van der Waals surface area contributed by atoms with Crippen LogP contribution in [0.2, 0.25) is 0 Å². The van der Waals surface area contributed by atoms with Gasteiger partial charge < -0.3 is 15.2 Å². The third kappa shape index (κ3) is 4.99. The lowest BCUT2D eigenvalue weighted by molar-refractivity contribution is -0.146. The number of anilines is 2. The van der Waals surface area contributed by atoms with Crippen molar-refractivity contribution in [2.45, 2.75) is 29.4 Å². The number of benzene rings is 2. The van der Waals surface area contributed by atoms with E-state index in [9.17, 15) is 24.3 Å². The second-order valence-corrected chi connectivity index (χ2v) is 9.36. The first-order valence-electron chi connectivity index (χ1n) is 10.8. The predicted molar refractivity (Wildman–Crippen MR) is 128 cm³/mol. The number of carbonyl (C=O) groups is 4. The molecule has 0 spiro atoms. The number of hydrogen-bond donors (Lipinski definition) is 2. The quantitative estimate of drug-likeness (QED) is 0.459. The van der Waals surface area contributed by atoms with Gasteiger partial charge in [-0.15, -0.1) is 11.8 Å². The molecule has 1 fully saturated rings. The zero-order valence-electron chi connectivity index (χ0n) is 18.5. The highest BCUT2D eigenvalue weighted by Crippen LogP contribution is 2.35. The first-order chi connectivity index (χ1) is 16.4. The minimum atomic E-state index is -0.976. The summed E-state index contributed by atoms with van der Waals surface area (Å²) in [5.74, 6) is -2.56. The fourth-order valence-electron chi connectivity index (χ4n) is 4.09. The van der Waals surface area contributed by atoms with Gasteiger partial charge in [-0.3, -0.25) is 19.2 Å². The number of carbonyl (C=O) groups excluding carboxylic acids is 3. The number of ether oxygens (including phenoxy) is 1. The van der Waals surface area contributed by atoms with E-state index in [1.807, 2.05) is 6.08 Å². The molecule has 3 amide bonds. The smallest absolute Gasteiger partial charge is 0.307 e. The Morgan fingerprint density at radius 2 is 1.65 bits per heavy atom. The Kier molecular flexibility index (Phi) is 7.02. The number of thioether (sulfide) groups is 1. The highest BCUT2D eigenvalue weighted by molar-refractivity contribution is 8.00. The number of rotatable bonds is 7. The van der Waals surface area contributed by atoms with E-state index in [-0.39, 0.29) is 24.1 Å². The number of nitrogens with one attached hydrogen (secondary N) is 1. The molecular weight excluding hydrogens is 456 g/mol. The molecule has 1 aliphatic heterocycles. The zero-order valence-corrected chi connectivity index (χ0v) is 19.3. The third-order valence-electron chi connectivity index (χ3n) is 5.92. The molecule has 1 aliphatic carbocycles. The van der Waals surface area contributed by atoms with Gasteiger partial charge in [-0.05, 0) is 61.4 Å². The van der Waals surface area contributed by atoms with Gasteiger partial charge >= 0.3 is 5.97 Å². The molecule has 0 aromatic heterocycles. The molecule has 176 valence electrons. The Hall–Kier alpha value is -3.59. The lowest BCUT2D eigenvalue weighted by atomic mass is 9.82. The summed E-state index contributed by atoms with van der Waals surface area (Å²) in [6, 6.07) is 13.7. The molecule has 34 heavy (non-hydrogen) atoms. The lowest BCUT2D eigenvalue weighted by Crippen LogP contribution is -2.34. The van der Waals surface area contributed by atoms with E-state index >= 15 is 0 Å². The molecule has 2 N–H and O–H groups in total. The number of allylic oxidation sites excluding steroid dienone is 2. The van der Waals surface area contributed by atoms with Crippen molar-refractivity contribution in [3.8, 4) is 5.75 Å². The predicted octanol–water partition coefficient (Wildman–Crippen LogP) is 3.72. The molecule has 1 saturated heterocycles. The summed E-state index contributed by atoms with van der Waals surface area (Å²) in [6.45, 7) is 0. The molecular formula is C25H24N2O6S. The molecule has 0 radical (unpaired) electrons. The van der Waals surface area contributed by atoms with Gasteiger partial charge in [0.15, 0.2) is 0 Å². The number of imide groups is 1. The molecule has 2 aromatic carbocycles. The van der Waals surface area contributed by atoms with E-state index in [1.54, 1.807) is 61.7 Å². The monoisotopic (exact) mass is 480 g/mol. The van der Waals surface area contributed by atoms with Crippen LogP contribution in [0.15, 0.2) is 65.6 Å². The molecule has 0 saturated carbocycles. The second kappa shape index (κ2) is 10.1. The third-order valence-corrected chi connectivity index (χ3v) is 7.12. The fraction of sp³-hybridized carbons (Fsp3) is 0.280. The van der Waals surface area contributed by atoms with E-state index in [0.717, 1.165) is 4.90 Å². The van der Waals surface area contributed by atoms with Crippen molar-refractivity contribution in [2.75, 3.05) is 17.3 Å². The van der Waals surface area contributed by atoms with Crippen LogP contribution in [0, 0.1) is 11.8 Å². The van der Waals surface area contributed by atoms with Gasteiger partial charge in [0.1, 0.15) is 5.75 Å². The normalized spacial score (nSPS) is 22.0. The maximum absolute atomic E-state index is 12.9. The van der Waals surface area contributed by atoms with E-state index in [4.69, 9.17) is 4.74 Å². The average molecular weight is 481 g/mol. The molecule has 1 heterocycles. The summed E-state index contributed by atoms with van der Waals surface area (Å²) in [5.41, 5.74) is 1.05. The summed E-state index contributed by atoms with van der Waals surface area (Å²) in [4.78, 5) is 51.5. The molecule has 9 heteroatoms. The van der Waals surface area contributed by atoms with Crippen molar-refractivity contribution >= 4 is 46.8 Å². The van der Waals surface area contributed by atoms with E-state index in [0.29, 0.717) is 30.0 Å². The van der Waals surface area contributed by atoms with Crippen LogP contribution in [0.1, 0.15) is 19.3 Å². The van der Waals surface area contributed by atoms with Crippen molar-refractivity contribution in [1.29, 1.82) is 0 Å². The molecule has 2 aromatic rings. The Morgan fingerprint density at radius 3 is 2.26 bits per heavy atom. The van der Waals surface area contributed by atoms with Gasteiger partial charge in [0, 0.05) is 17.0 Å². The van der Waals surface area contributed by atoms with E-state index < -0.39 is 23.1 Å². The summed E-state index contributed by atoms with van der Waals surface area (Å²) in [6.07, 6.45) is 4.45. The van der Waals surface area contributed by atoms with Gasteiger partial charge in [-0.2, -0.15) is 0 Å². The highest BCUT2D eigenvalue weighted by Gasteiger charge is 2.40. The average Bonchev–Trinajstić information content (AvgIpc) is 3.12. The van der Waals surface area contributed by atoms with Crippen LogP contribution in [0.3, 0.4) is 0 Å². The van der Waals surface area contributed by atoms with Crippen LogP contribution in [0.4, 0.5) is 11.4 Å². The summed E-state index contributed by atoms with van der Waals surface area (Å²) in [5, 5.41) is 11.6. The molecule has 4 rings (SSSR count). The maximum atomic E-state index is 12.9. The topological polar surface area (TPSA) is 113 Å². The van der Waals surface area contributed by atoms with Crippen LogP contribution in [0.5, 0.6) is 5.75 Å². The van der Waals surface area contributed by atoms with Gasteiger partial charge in [-0.25, -0.2) is 4.90 Å². The number of nitrogens with zero attached hydrogens (tertiary/aromatic N) is 1. The number of amides is 3. The Balaban J connectivity index is 1.38. The van der Waals surface area contributed by atoms with Gasteiger partial charge in [0.25, 0.3) is 0 Å². The number of aliphatic carboxylic acids is 1. The number of carboxylic acids is 1. The largest absolute Gasteiger partial charge is 0.497 e. The van der Waals surface area contributed by atoms with Gasteiger partial charge in [-0.1, -0.05) is 12.2 Å². The summed E-state index contributed by atoms with van der Waals surface area (Å²) in [7, 11) is 1.55. The minimum Gasteiger partial charge on any atom is -0.497 e. The number of hydrogen-bond acceptors (Lipinski definition) is 6. The lowest BCUT2D eigenvalue weighted by Gasteiger charge is -2.24. The van der Waals surface area contributed by atoms with Crippen molar-refractivity contribution in [1.82, 2.24) is 0 Å². The van der Waals surface area contributed by atoms with Crippen LogP contribution >= 0.6 is 11.8 Å². The molecule has 2 aliphatic rings. The SMILES string of the molecule is COc1ccc(N2C(=O)C[C@@H](Sc3ccc(NC(=O)[C@@H]4CC=CC[C@@H]4C(=O)O)cc3)C2=O)cc1. The van der Waals surface area contributed by atoms with Crippen molar-refractivity contribution in [3.05, 3.63) is 60.7 Å². The second-order valence-electron chi connectivity index (χ2n) is 8.08. The first kappa shape index (κ1) is 23.6. The minimum absolute atomic E-state index is 0.0970. The van der Waals surface area contributed by atoms with E-state index in [2.05, 4.69) is 5.32 Å². The summed E-state index contributed by atoms with van der Waals surface area (Å²) < 4.78 is 5.12. The first-order valence-corrected chi connectivity index (χ1v) is 11.7. The zero-order chi connectivity index (χ0) is 24.2. The van der Waals surface area contributed by atoms with Crippen molar-refractivity contribution < 1.29 is 29.0 Å². The van der Waals surface area contributed by atoms with Gasteiger partial charge in [0.05, 0.1) is 29.9 Å². The van der Waals surface area contributed by atoms with Crippen molar-refractivity contribution in [3.63, 3.8) is 0 Å². The molecule has 0 bridgehead atoms. The van der Waals surface area contributed by atoms with Crippen molar-refractivity contribution in [2.24, 2.45) is 11.8 Å². The van der Waals surface area contributed by atoms with Crippen LogP contribution in [-0.2, 0) is 19.2 Å². The maximum Gasteiger partial charge on any atom is 0.307 e. The number of methoxy groups -OCH3 is 1. The molecule has 8 nitrogen and oxygen atoms in total. The van der Waals surface area contributed by atoms with Crippen LogP contribution in [0.25, 0.3) is 0 Å². The standard InChI is InChI=1S/C25H24N2O6S/c1-33-17-10-8-16(9-11-17)27-22(28)14-21(24(27)30)34-18-12-6-15(7-13-18)26-23(29)19-4-2-3-5-20(19)25(31)32/h2-3,6-13,19-21H,4-5,14H2,1H3,(H,26,29)(H,31,32)/t19-,20+,21-/m1/s1. The van der Waals surface area contributed by atoms with Crippen LogP contribution in [-0.4, -0.2) is 41.2 Å².